The third kappa shape index (κ3) is 7.82. The summed E-state index contributed by atoms with van der Waals surface area (Å²) in [6.45, 7) is 5.89. The second-order valence-corrected chi connectivity index (χ2v) is 8.10. The molecule has 10 heteroatoms. The van der Waals surface area contributed by atoms with E-state index in [2.05, 4.69) is 10.6 Å². The van der Waals surface area contributed by atoms with Gasteiger partial charge in [0.2, 0.25) is 10.0 Å². The lowest BCUT2D eigenvalue weighted by molar-refractivity contribution is -0.147. The molecule has 0 aliphatic carbocycles. The molecule has 0 saturated carbocycles. The molecule has 0 heterocycles. The zero-order valence-electron chi connectivity index (χ0n) is 17.1. The van der Waals surface area contributed by atoms with Gasteiger partial charge in [0.15, 0.2) is 6.61 Å². The molecule has 1 aromatic carbocycles. The summed E-state index contributed by atoms with van der Waals surface area (Å²) >= 11 is 0. The highest BCUT2D eigenvalue weighted by Gasteiger charge is 2.21. The second-order valence-electron chi connectivity index (χ2n) is 6.16. The average molecular weight is 428 g/mol. The predicted octanol–water partition coefficient (Wildman–Crippen LogP) is 0.906. The Bertz CT molecular complexity index is 789. The smallest absolute Gasteiger partial charge is 0.325 e. The van der Waals surface area contributed by atoms with Crippen LogP contribution in [0.1, 0.15) is 44.0 Å². The van der Waals surface area contributed by atoms with Gasteiger partial charge in [-0.1, -0.05) is 27.2 Å². The highest BCUT2D eigenvalue weighted by molar-refractivity contribution is 7.89. The van der Waals surface area contributed by atoms with Crippen LogP contribution in [0, 0.1) is 0 Å². The molecule has 0 atom stereocenters. The van der Waals surface area contributed by atoms with Crippen molar-refractivity contribution in [3.63, 3.8) is 0 Å². The third-order valence-corrected chi connectivity index (χ3v) is 6.13. The monoisotopic (exact) mass is 427 g/mol. The van der Waals surface area contributed by atoms with Crippen LogP contribution in [-0.2, 0) is 24.3 Å². The standard InChI is InChI=1S/C19H29N3O6S/c1-4-7-12-20-17(23)14-28-18(24)13-21-19(25)15-8-10-16(11-9-15)29(26,27)22(5-2)6-3/h8-11H,4-7,12-14H2,1-3H3,(H,20,23)(H,21,25). The fourth-order valence-electron chi connectivity index (χ4n) is 2.40. The van der Waals surface area contributed by atoms with E-state index in [9.17, 15) is 22.8 Å². The Hall–Kier alpha value is -2.46. The van der Waals surface area contributed by atoms with Crippen molar-refractivity contribution in [3.05, 3.63) is 29.8 Å². The molecule has 2 N–H and O–H groups in total. The summed E-state index contributed by atoms with van der Waals surface area (Å²) in [7, 11) is -3.60. The molecular weight excluding hydrogens is 398 g/mol. The predicted molar refractivity (Wildman–Crippen MR) is 108 cm³/mol. The van der Waals surface area contributed by atoms with E-state index in [1.54, 1.807) is 13.8 Å². The number of sulfonamides is 1. The molecule has 0 saturated heterocycles. The van der Waals surface area contributed by atoms with Crippen LogP contribution in [-0.4, -0.2) is 63.3 Å². The third-order valence-electron chi connectivity index (χ3n) is 4.07. The van der Waals surface area contributed by atoms with Gasteiger partial charge in [0.25, 0.3) is 11.8 Å². The molecule has 0 spiro atoms. The quantitative estimate of drug-likeness (QED) is 0.378. The Morgan fingerprint density at radius 3 is 2.17 bits per heavy atom. The summed E-state index contributed by atoms with van der Waals surface area (Å²) in [5, 5.41) is 4.98. The van der Waals surface area contributed by atoms with Gasteiger partial charge in [0, 0.05) is 25.2 Å². The summed E-state index contributed by atoms with van der Waals surface area (Å²) in [4.78, 5) is 35.3. The molecule has 29 heavy (non-hydrogen) atoms. The Labute approximate surface area is 171 Å². The Kier molecular flexibility index (Phi) is 10.3. The van der Waals surface area contributed by atoms with Gasteiger partial charge >= 0.3 is 5.97 Å². The highest BCUT2D eigenvalue weighted by Crippen LogP contribution is 2.16. The zero-order valence-corrected chi connectivity index (χ0v) is 17.9. The first-order chi connectivity index (χ1) is 13.8. The van der Waals surface area contributed by atoms with Crippen LogP contribution in [0.25, 0.3) is 0 Å². The molecule has 0 aromatic heterocycles. The maximum absolute atomic E-state index is 12.4. The normalized spacial score (nSPS) is 11.2. The van der Waals surface area contributed by atoms with Gasteiger partial charge in [0.05, 0.1) is 4.90 Å². The molecule has 0 fully saturated rings. The first-order valence-corrected chi connectivity index (χ1v) is 11.0. The van der Waals surface area contributed by atoms with E-state index in [1.165, 1.54) is 28.6 Å². The summed E-state index contributed by atoms with van der Waals surface area (Å²) < 4.78 is 31.0. The summed E-state index contributed by atoms with van der Waals surface area (Å²) in [5.74, 6) is -1.70. The largest absolute Gasteiger partial charge is 0.454 e. The molecule has 9 nitrogen and oxygen atoms in total. The van der Waals surface area contributed by atoms with Crippen molar-refractivity contribution < 1.29 is 27.5 Å². The lowest BCUT2D eigenvalue weighted by atomic mass is 10.2. The van der Waals surface area contributed by atoms with Crippen molar-refractivity contribution >= 4 is 27.8 Å². The molecule has 0 aliphatic rings. The number of benzene rings is 1. The van der Waals surface area contributed by atoms with Crippen molar-refractivity contribution in [2.24, 2.45) is 0 Å². The first-order valence-electron chi connectivity index (χ1n) is 9.56. The summed E-state index contributed by atoms with van der Waals surface area (Å²) in [5.41, 5.74) is 0.202. The van der Waals surface area contributed by atoms with Gasteiger partial charge < -0.3 is 15.4 Å². The van der Waals surface area contributed by atoms with E-state index in [4.69, 9.17) is 4.74 Å². The van der Waals surface area contributed by atoms with Crippen LogP contribution < -0.4 is 10.6 Å². The van der Waals surface area contributed by atoms with Gasteiger partial charge in [-0.2, -0.15) is 4.31 Å². The van der Waals surface area contributed by atoms with Crippen LogP contribution >= 0.6 is 0 Å². The fourth-order valence-corrected chi connectivity index (χ4v) is 3.86. The minimum absolute atomic E-state index is 0.0891. The number of rotatable bonds is 12. The Morgan fingerprint density at radius 2 is 1.62 bits per heavy atom. The van der Waals surface area contributed by atoms with Gasteiger partial charge in [-0.3, -0.25) is 14.4 Å². The van der Waals surface area contributed by atoms with E-state index >= 15 is 0 Å². The van der Waals surface area contributed by atoms with E-state index in [1.807, 2.05) is 6.92 Å². The number of carbonyl (C=O) groups excluding carboxylic acids is 3. The summed E-state index contributed by atoms with van der Waals surface area (Å²) in [6.07, 6.45) is 1.78. The molecule has 1 aromatic rings. The van der Waals surface area contributed by atoms with Gasteiger partial charge in [-0.15, -0.1) is 0 Å². The van der Waals surface area contributed by atoms with E-state index in [0.29, 0.717) is 19.6 Å². The van der Waals surface area contributed by atoms with Crippen LogP contribution in [0.5, 0.6) is 0 Å². The van der Waals surface area contributed by atoms with Crippen molar-refractivity contribution in [2.45, 2.75) is 38.5 Å². The Morgan fingerprint density at radius 1 is 1.00 bits per heavy atom. The van der Waals surface area contributed by atoms with Gasteiger partial charge in [-0.25, -0.2) is 8.42 Å². The van der Waals surface area contributed by atoms with Crippen LogP contribution in [0.2, 0.25) is 0 Å². The van der Waals surface area contributed by atoms with Crippen molar-refractivity contribution in [3.8, 4) is 0 Å². The minimum atomic E-state index is -3.60. The average Bonchev–Trinajstić information content (AvgIpc) is 2.71. The SMILES string of the molecule is CCCCNC(=O)COC(=O)CNC(=O)c1ccc(S(=O)(=O)N(CC)CC)cc1. The van der Waals surface area contributed by atoms with E-state index in [-0.39, 0.29) is 10.5 Å². The van der Waals surface area contributed by atoms with Crippen molar-refractivity contribution in [2.75, 3.05) is 32.8 Å². The molecule has 0 radical (unpaired) electrons. The molecule has 1 rings (SSSR count). The number of carbonyl (C=O) groups is 3. The van der Waals surface area contributed by atoms with Crippen molar-refractivity contribution in [1.82, 2.24) is 14.9 Å². The number of ether oxygens (including phenoxy) is 1. The van der Waals surface area contributed by atoms with Gasteiger partial charge in [-0.05, 0) is 30.7 Å². The number of nitrogens with one attached hydrogen (secondary N) is 2. The lowest BCUT2D eigenvalue weighted by Gasteiger charge is -2.18. The second kappa shape index (κ2) is 12.2. The molecule has 2 amide bonds. The number of esters is 1. The van der Waals surface area contributed by atoms with Crippen molar-refractivity contribution in [1.29, 1.82) is 0 Å². The highest BCUT2D eigenvalue weighted by atomic mass is 32.2. The summed E-state index contributed by atoms with van der Waals surface area (Å²) in [6, 6.07) is 5.44. The topological polar surface area (TPSA) is 122 Å². The minimum Gasteiger partial charge on any atom is -0.454 e. The maximum Gasteiger partial charge on any atom is 0.325 e. The van der Waals surface area contributed by atoms with Crippen LogP contribution in [0.15, 0.2) is 29.2 Å². The van der Waals surface area contributed by atoms with E-state index < -0.39 is 41.0 Å². The zero-order chi connectivity index (χ0) is 21.9. The molecule has 0 aliphatic heterocycles. The number of hydrogen-bond donors (Lipinski definition) is 2. The first kappa shape index (κ1) is 24.6. The number of unbranched alkanes of at least 4 members (excludes halogenated alkanes) is 1. The lowest BCUT2D eigenvalue weighted by Crippen LogP contribution is -2.34. The molecule has 162 valence electrons. The maximum atomic E-state index is 12.4. The van der Waals surface area contributed by atoms with Gasteiger partial charge in [0.1, 0.15) is 6.54 Å². The molecule has 0 bridgehead atoms. The van der Waals surface area contributed by atoms with Crippen LogP contribution in [0.4, 0.5) is 0 Å². The van der Waals surface area contributed by atoms with E-state index in [0.717, 1.165) is 12.8 Å². The molecule has 0 unspecified atom stereocenters. The number of amides is 2. The fraction of sp³-hybridized carbons (Fsp3) is 0.526. The molecular formula is C19H29N3O6S. The Balaban J connectivity index is 2.53. The number of nitrogens with zero attached hydrogens (tertiary/aromatic N) is 1. The number of hydrogen-bond acceptors (Lipinski definition) is 6. The van der Waals surface area contributed by atoms with Crippen LogP contribution in [0.3, 0.4) is 0 Å².